The Labute approximate surface area is 212 Å². The van der Waals surface area contributed by atoms with Crippen molar-refractivity contribution in [3.05, 3.63) is 11.6 Å². The molecule has 3 rings (SSSR count). The van der Waals surface area contributed by atoms with Gasteiger partial charge >= 0.3 is 0 Å². The van der Waals surface area contributed by atoms with E-state index in [9.17, 15) is 0 Å². The number of aromatic nitrogens is 4. The third-order valence-corrected chi connectivity index (χ3v) is 17.6. The first-order valence-corrected chi connectivity index (χ1v) is 18.5. The van der Waals surface area contributed by atoms with Gasteiger partial charge in [0.1, 0.15) is 0 Å². The van der Waals surface area contributed by atoms with Crippen molar-refractivity contribution in [2.45, 2.75) is 84.4 Å². The Morgan fingerprint density at radius 1 is 0.912 bits per heavy atom. The quantitative estimate of drug-likeness (QED) is 0.300. The first-order valence-electron chi connectivity index (χ1n) is 12.3. The van der Waals surface area contributed by atoms with Crippen molar-refractivity contribution in [1.29, 1.82) is 0 Å². The lowest BCUT2D eigenvalue weighted by Crippen LogP contribution is -2.42. The second-order valence-corrected chi connectivity index (χ2v) is 22.8. The van der Waals surface area contributed by atoms with Crippen LogP contribution in [0, 0.1) is 17.8 Å². The predicted molar refractivity (Wildman–Crippen MR) is 147 cm³/mol. The third-order valence-electron chi connectivity index (χ3n) is 8.48. The van der Waals surface area contributed by atoms with Gasteiger partial charge in [-0.05, 0) is 65.6 Å². The van der Waals surface area contributed by atoms with E-state index >= 15 is 0 Å². The minimum atomic E-state index is -1.82. The van der Waals surface area contributed by atoms with E-state index < -0.39 is 16.6 Å². The molecule has 0 saturated heterocycles. The Kier molecular flexibility index (Phi) is 7.67. The second-order valence-electron chi connectivity index (χ2n) is 12.8. The average Bonchev–Trinajstić information content (AvgIpc) is 3.20. The Hall–Kier alpha value is -1.01. The van der Waals surface area contributed by atoms with E-state index in [1.165, 1.54) is 0 Å². The number of fused-ring (bicyclic) bond motifs is 1. The van der Waals surface area contributed by atoms with Gasteiger partial charge in [0.15, 0.2) is 33.6 Å². The van der Waals surface area contributed by atoms with E-state index in [0.717, 1.165) is 30.9 Å². The molecular formula is C24H44ClN5O2Si2. The van der Waals surface area contributed by atoms with Gasteiger partial charge in [-0.25, -0.2) is 4.98 Å². The zero-order chi connectivity index (χ0) is 25.7. The van der Waals surface area contributed by atoms with Crippen molar-refractivity contribution in [1.82, 2.24) is 19.5 Å². The summed E-state index contributed by atoms with van der Waals surface area (Å²) in [6.45, 7) is 25.5. The summed E-state index contributed by atoms with van der Waals surface area (Å²) < 4.78 is 15.4. The van der Waals surface area contributed by atoms with Crippen LogP contribution in [0.4, 0.5) is 5.82 Å². The molecule has 2 heterocycles. The number of nitrogens with zero attached hydrogens (tertiary/aromatic N) is 4. The maximum Gasteiger partial charge on any atom is 0.226 e. The van der Waals surface area contributed by atoms with Gasteiger partial charge in [-0.2, -0.15) is 9.97 Å². The van der Waals surface area contributed by atoms with Crippen LogP contribution in [0.3, 0.4) is 0 Å². The average molecular weight is 526 g/mol. The maximum atomic E-state index is 6.65. The van der Waals surface area contributed by atoms with E-state index in [-0.39, 0.29) is 15.4 Å². The molecule has 2 aromatic heterocycles. The van der Waals surface area contributed by atoms with Crippen molar-refractivity contribution < 1.29 is 8.85 Å². The molecule has 3 atom stereocenters. The van der Waals surface area contributed by atoms with Crippen LogP contribution in [0.5, 0.6) is 0 Å². The fraction of sp³-hybridized carbons (Fsp3) is 0.792. The van der Waals surface area contributed by atoms with Gasteiger partial charge in [-0.15, -0.1) is 0 Å². The van der Waals surface area contributed by atoms with Crippen molar-refractivity contribution in [3.63, 3.8) is 0 Å². The third kappa shape index (κ3) is 5.69. The van der Waals surface area contributed by atoms with Crippen molar-refractivity contribution in [2.24, 2.45) is 17.8 Å². The first-order chi connectivity index (χ1) is 15.5. The highest BCUT2D eigenvalue weighted by molar-refractivity contribution is 6.74. The van der Waals surface area contributed by atoms with Crippen LogP contribution in [0.2, 0.25) is 41.5 Å². The standard InChI is InChI=1S/C24H44ClN5O2Si2/c1-23(2,3)33(8,9)31-13-17-16(18(17)14-32-34(10,11)24(4,5)6)12-30-15-27-19-20(26-7)28-22(25)29-21(19)30/h15-18H,12-14H2,1-11H3,(H,26,28,29)/t16?,17-,18+. The highest BCUT2D eigenvalue weighted by Gasteiger charge is 2.52. The molecule has 192 valence electrons. The molecule has 10 heteroatoms. The van der Waals surface area contributed by atoms with Crippen LogP contribution >= 0.6 is 11.6 Å². The molecule has 0 radical (unpaired) electrons. The Bertz CT molecular complexity index is 977. The number of anilines is 1. The first kappa shape index (κ1) is 27.6. The van der Waals surface area contributed by atoms with E-state index in [0.29, 0.717) is 23.6 Å². The molecule has 1 unspecified atom stereocenters. The molecule has 0 aromatic carbocycles. The van der Waals surface area contributed by atoms with Gasteiger partial charge in [-0.3, -0.25) is 0 Å². The van der Waals surface area contributed by atoms with Crippen LogP contribution < -0.4 is 5.32 Å². The SMILES string of the molecule is CNc1nc(Cl)nc2c1ncn2CC1[C@@H](CO[Si](C)(C)C(C)(C)C)[C@H]1CO[Si](C)(C)C(C)(C)C. The fourth-order valence-corrected chi connectivity index (χ4v) is 6.03. The summed E-state index contributed by atoms with van der Waals surface area (Å²) in [5.74, 6) is 2.05. The lowest BCUT2D eigenvalue weighted by atomic mass is 10.2. The zero-order valence-corrected chi connectivity index (χ0v) is 25.7. The molecule has 0 bridgehead atoms. The number of hydrogen-bond acceptors (Lipinski definition) is 6. The van der Waals surface area contributed by atoms with Gasteiger partial charge in [0, 0.05) is 26.8 Å². The molecule has 1 N–H and O–H groups in total. The van der Waals surface area contributed by atoms with E-state index in [1.807, 2.05) is 13.4 Å². The summed E-state index contributed by atoms with van der Waals surface area (Å²) in [6, 6.07) is 0. The summed E-state index contributed by atoms with van der Waals surface area (Å²) in [5, 5.41) is 3.69. The summed E-state index contributed by atoms with van der Waals surface area (Å²) in [7, 11) is -1.81. The molecule has 2 aromatic rings. The van der Waals surface area contributed by atoms with Gasteiger partial charge in [0.25, 0.3) is 0 Å². The van der Waals surface area contributed by atoms with E-state index in [4.69, 9.17) is 20.5 Å². The number of rotatable bonds is 9. The minimum absolute atomic E-state index is 0.197. The second kappa shape index (κ2) is 9.46. The van der Waals surface area contributed by atoms with Crippen LogP contribution in [0.25, 0.3) is 11.2 Å². The van der Waals surface area contributed by atoms with Gasteiger partial charge < -0.3 is 18.7 Å². The lowest BCUT2D eigenvalue weighted by Gasteiger charge is -2.37. The summed E-state index contributed by atoms with van der Waals surface area (Å²) in [4.78, 5) is 13.3. The highest BCUT2D eigenvalue weighted by Crippen LogP contribution is 2.50. The molecule has 1 saturated carbocycles. The number of halogens is 1. The van der Waals surface area contributed by atoms with Gasteiger partial charge in [0.2, 0.25) is 5.28 Å². The Balaban J connectivity index is 1.79. The normalized spacial score (nSPS) is 21.8. The number of hydrogen-bond donors (Lipinski definition) is 1. The van der Waals surface area contributed by atoms with Crippen LogP contribution in [-0.2, 0) is 15.4 Å². The smallest absolute Gasteiger partial charge is 0.226 e. The molecule has 0 amide bonds. The monoisotopic (exact) mass is 525 g/mol. The summed E-state index contributed by atoms with van der Waals surface area (Å²) in [6.07, 6.45) is 1.85. The molecule has 34 heavy (non-hydrogen) atoms. The highest BCUT2D eigenvalue weighted by atomic mass is 35.5. The zero-order valence-electron chi connectivity index (χ0n) is 22.9. The van der Waals surface area contributed by atoms with E-state index in [1.54, 1.807) is 0 Å². The van der Waals surface area contributed by atoms with Crippen molar-refractivity contribution in [3.8, 4) is 0 Å². The fourth-order valence-electron chi connectivity index (χ4n) is 3.78. The van der Waals surface area contributed by atoms with Crippen LogP contribution in [-0.4, -0.2) is 56.4 Å². The van der Waals surface area contributed by atoms with Crippen LogP contribution in [0.15, 0.2) is 6.33 Å². The molecule has 1 aliphatic rings. The largest absolute Gasteiger partial charge is 0.417 e. The van der Waals surface area contributed by atoms with Gasteiger partial charge in [0.05, 0.1) is 6.33 Å². The molecule has 7 nitrogen and oxygen atoms in total. The topological polar surface area (TPSA) is 74.1 Å². The number of imidazole rings is 1. The molecule has 1 aliphatic carbocycles. The van der Waals surface area contributed by atoms with Crippen molar-refractivity contribution >= 4 is 45.2 Å². The summed E-state index contributed by atoms with van der Waals surface area (Å²) in [5.41, 5.74) is 1.51. The number of nitrogens with one attached hydrogen (secondary N) is 1. The Morgan fingerprint density at radius 3 is 1.85 bits per heavy atom. The van der Waals surface area contributed by atoms with Gasteiger partial charge in [-0.1, -0.05) is 41.5 Å². The maximum absolute atomic E-state index is 6.65. The predicted octanol–water partition coefficient (Wildman–Crippen LogP) is 6.43. The summed E-state index contributed by atoms with van der Waals surface area (Å²) >= 11 is 6.19. The van der Waals surface area contributed by atoms with Crippen LogP contribution in [0.1, 0.15) is 41.5 Å². The van der Waals surface area contributed by atoms with E-state index in [2.05, 4.69) is 92.6 Å². The lowest BCUT2D eigenvalue weighted by molar-refractivity contribution is 0.233. The van der Waals surface area contributed by atoms with Crippen molar-refractivity contribution in [2.75, 3.05) is 25.6 Å². The Morgan fingerprint density at radius 2 is 1.41 bits per heavy atom. The molecule has 0 spiro atoms. The molecule has 1 fully saturated rings. The molecule has 0 aliphatic heterocycles. The molecular weight excluding hydrogens is 482 g/mol. The minimum Gasteiger partial charge on any atom is -0.417 e.